The largest absolute Gasteiger partial charge is 0.401 e. The number of benzene rings is 3. The van der Waals surface area contributed by atoms with Gasteiger partial charge in [0.1, 0.15) is 0 Å². The summed E-state index contributed by atoms with van der Waals surface area (Å²) in [5, 5.41) is 11.5. The van der Waals surface area contributed by atoms with Crippen molar-refractivity contribution in [2.24, 2.45) is 11.5 Å². The molecule has 0 aliphatic rings. The van der Waals surface area contributed by atoms with Gasteiger partial charge < -0.3 is 22.2 Å². The maximum Gasteiger partial charge on any atom is 0.393 e. The standard InChI is InChI=1S/C28H26ClF5N4.C2H6/c29-23-9-5-4-8-20(23)13-24(36)22(15-35)25(37)26(19-6-2-1-3-7-19)38-16-18-10-17(14-28(32,33)34)11-21(12-18)27(30)31;1-2/h1-12,15,27,35,38H,13-14,16,36-37H2;1-2H3/b24-22+,26-25-,35-15?;. The summed E-state index contributed by atoms with van der Waals surface area (Å²) >= 11 is 6.24. The quantitative estimate of drug-likeness (QED) is 0.112. The number of allylic oxidation sites excluding steroid dienone is 2. The van der Waals surface area contributed by atoms with Gasteiger partial charge in [-0.3, -0.25) is 0 Å². The average Bonchev–Trinajstić information content (AvgIpc) is 2.91. The molecule has 0 radical (unpaired) electrons. The van der Waals surface area contributed by atoms with Gasteiger partial charge in [0.05, 0.1) is 17.8 Å². The molecule has 0 unspecified atom stereocenters. The molecule has 0 fully saturated rings. The third-order valence-electron chi connectivity index (χ3n) is 5.65. The van der Waals surface area contributed by atoms with Crippen molar-refractivity contribution in [1.29, 1.82) is 5.41 Å². The van der Waals surface area contributed by atoms with E-state index >= 15 is 0 Å². The van der Waals surface area contributed by atoms with Crippen LogP contribution in [0.2, 0.25) is 5.02 Å². The van der Waals surface area contributed by atoms with Crippen molar-refractivity contribution >= 4 is 23.5 Å². The number of rotatable bonds is 10. The number of halogens is 6. The smallest absolute Gasteiger partial charge is 0.393 e. The van der Waals surface area contributed by atoms with Crippen LogP contribution in [0.3, 0.4) is 0 Å². The molecule has 10 heteroatoms. The lowest BCUT2D eigenvalue weighted by Crippen LogP contribution is -2.21. The first kappa shape index (κ1) is 32.4. The molecule has 6 N–H and O–H groups in total. The topological polar surface area (TPSA) is 87.9 Å². The Kier molecular flexibility index (Phi) is 12.2. The van der Waals surface area contributed by atoms with Crippen LogP contribution in [0, 0.1) is 5.41 Å². The second-order valence-corrected chi connectivity index (χ2v) is 8.94. The lowest BCUT2D eigenvalue weighted by Gasteiger charge is -2.18. The molecule has 0 aliphatic heterocycles. The van der Waals surface area contributed by atoms with Crippen LogP contribution >= 0.6 is 11.6 Å². The molecule has 0 aliphatic carbocycles. The Morgan fingerprint density at radius 2 is 1.55 bits per heavy atom. The molecule has 0 atom stereocenters. The zero-order chi connectivity index (χ0) is 29.9. The first-order chi connectivity index (χ1) is 19.0. The number of nitrogens with two attached hydrogens (primary N) is 2. The minimum atomic E-state index is -4.55. The molecule has 3 aromatic rings. The van der Waals surface area contributed by atoms with Crippen LogP contribution in [-0.4, -0.2) is 12.4 Å². The highest BCUT2D eigenvalue weighted by molar-refractivity contribution is 6.31. The summed E-state index contributed by atoms with van der Waals surface area (Å²) in [6, 6.07) is 19.1. The normalized spacial score (nSPS) is 12.6. The fourth-order valence-electron chi connectivity index (χ4n) is 3.92. The third kappa shape index (κ3) is 9.41. The van der Waals surface area contributed by atoms with Crippen molar-refractivity contribution in [1.82, 2.24) is 5.32 Å². The molecule has 3 rings (SSSR count). The zero-order valence-corrected chi connectivity index (χ0v) is 22.9. The van der Waals surface area contributed by atoms with Gasteiger partial charge in [0.2, 0.25) is 0 Å². The van der Waals surface area contributed by atoms with E-state index < -0.39 is 24.6 Å². The predicted octanol–water partition coefficient (Wildman–Crippen LogP) is 7.93. The number of hydrogen-bond donors (Lipinski definition) is 4. The van der Waals surface area contributed by atoms with Gasteiger partial charge in [-0.15, -0.1) is 0 Å². The molecule has 214 valence electrons. The van der Waals surface area contributed by atoms with Crippen LogP contribution in [-0.2, 0) is 19.4 Å². The van der Waals surface area contributed by atoms with E-state index in [9.17, 15) is 22.0 Å². The number of hydrogen-bond acceptors (Lipinski definition) is 4. The van der Waals surface area contributed by atoms with Gasteiger partial charge in [0.15, 0.2) is 0 Å². The summed E-state index contributed by atoms with van der Waals surface area (Å²) in [6.45, 7) is 3.89. The van der Waals surface area contributed by atoms with Gasteiger partial charge in [0, 0.05) is 41.0 Å². The highest BCUT2D eigenvalue weighted by atomic mass is 35.5. The van der Waals surface area contributed by atoms with E-state index in [2.05, 4.69) is 5.32 Å². The fraction of sp³-hybridized carbons (Fsp3) is 0.233. The third-order valence-corrected chi connectivity index (χ3v) is 6.02. The first-order valence-corrected chi connectivity index (χ1v) is 12.9. The van der Waals surface area contributed by atoms with Crippen LogP contribution in [0.5, 0.6) is 0 Å². The number of nitrogens with one attached hydrogen (secondary N) is 2. The van der Waals surface area contributed by atoms with Crippen molar-refractivity contribution in [3.05, 3.63) is 123 Å². The summed E-state index contributed by atoms with van der Waals surface area (Å²) in [5.41, 5.74) is 14.5. The average molecular weight is 579 g/mol. The number of alkyl halides is 5. The summed E-state index contributed by atoms with van der Waals surface area (Å²) in [7, 11) is 0. The van der Waals surface area contributed by atoms with E-state index in [4.69, 9.17) is 28.5 Å². The van der Waals surface area contributed by atoms with Crippen LogP contribution < -0.4 is 16.8 Å². The minimum absolute atomic E-state index is 0.105. The predicted molar refractivity (Wildman–Crippen MR) is 152 cm³/mol. The van der Waals surface area contributed by atoms with Gasteiger partial charge in [-0.25, -0.2) is 8.78 Å². The Hall–Kier alpha value is -3.85. The van der Waals surface area contributed by atoms with Crippen LogP contribution in [0.4, 0.5) is 22.0 Å². The van der Waals surface area contributed by atoms with Gasteiger partial charge >= 0.3 is 6.18 Å². The van der Waals surface area contributed by atoms with Crippen molar-refractivity contribution in [3.63, 3.8) is 0 Å². The molecule has 3 aromatic carbocycles. The van der Waals surface area contributed by atoms with Crippen molar-refractivity contribution < 1.29 is 22.0 Å². The molecule has 0 aromatic heterocycles. The van der Waals surface area contributed by atoms with Gasteiger partial charge in [-0.05, 0) is 40.5 Å². The van der Waals surface area contributed by atoms with Crippen molar-refractivity contribution in [2.45, 2.75) is 45.8 Å². The SMILES string of the molecule is CC.N=CC(=C(\N)Cc1ccccc1Cl)/C(N)=C(/NCc1cc(CC(F)(F)F)cc(C(F)F)c1)c1ccccc1. The highest BCUT2D eigenvalue weighted by Gasteiger charge is 2.28. The van der Waals surface area contributed by atoms with E-state index in [0.717, 1.165) is 23.9 Å². The van der Waals surface area contributed by atoms with E-state index in [1.54, 1.807) is 54.6 Å². The minimum Gasteiger partial charge on any atom is -0.401 e. The van der Waals surface area contributed by atoms with Crippen LogP contribution in [0.25, 0.3) is 5.70 Å². The van der Waals surface area contributed by atoms with Gasteiger partial charge in [-0.2, -0.15) is 13.2 Å². The maximum atomic E-state index is 13.4. The Morgan fingerprint density at radius 1 is 0.950 bits per heavy atom. The van der Waals surface area contributed by atoms with Gasteiger partial charge in [0.25, 0.3) is 6.43 Å². The molecule has 0 saturated heterocycles. The fourth-order valence-corrected chi connectivity index (χ4v) is 4.12. The Morgan fingerprint density at radius 3 is 2.12 bits per heavy atom. The van der Waals surface area contributed by atoms with Crippen molar-refractivity contribution in [2.75, 3.05) is 0 Å². The lowest BCUT2D eigenvalue weighted by molar-refractivity contribution is -0.127. The summed E-state index contributed by atoms with van der Waals surface area (Å²) < 4.78 is 65.7. The second kappa shape index (κ2) is 15.1. The molecule has 0 saturated carbocycles. The molecular formula is C30H32ClF5N4. The van der Waals surface area contributed by atoms with E-state index in [0.29, 0.717) is 16.3 Å². The first-order valence-electron chi connectivity index (χ1n) is 12.5. The molecule has 0 bridgehead atoms. The highest BCUT2D eigenvalue weighted by Crippen LogP contribution is 2.28. The Labute approximate surface area is 236 Å². The van der Waals surface area contributed by atoms with Crippen LogP contribution in [0.1, 0.15) is 48.1 Å². The maximum absolute atomic E-state index is 13.4. The molecular weight excluding hydrogens is 547 g/mol. The Balaban J connectivity index is 0.00000274. The summed E-state index contributed by atoms with van der Waals surface area (Å²) in [5.74, 6) is 0. The zero-order valence-electron chi connectivity index (χ0n) is 22.1. The summed E-state index contributed by atoms with van der Waals surface area (Å²) in [4.78, 5) is 0. The van der Waals surface area contributed by atoms with E-state index in [1.807, 2.05) is 13.8 Å². The molecule has 40 heavy (non-hydrogen) atoms. The molecule has 0 amide bonds. The molecule has 4 nitrogen and oxygen atoms in total. The second-order valence-electron chi connectivity index (χ2n) is 8.54. The van der Waals surface area contributed by atoms with E-state index in [1.165, 1.54) is 6.07 Å². The van der Waals surface area contributed by atoms with Gasteiger partial charge in [-0.1, -0.05) is 80.0 Å². The summed E-state index contributed by atoms with van der Waals surface area (Å²) in [6.07, 6.45) is -7.60. The van der Waals surface area contributed by atoms with E-state index in [-0.39, 0.29) is 41.1 Å². The van der Waals surface area contributed by atoms with Crippen molar-refractivity contribution in [3.8, 4) is 0 Å². The Bertz CT molecular complexity index is 1340. The molecule has 0 heterocycles. The van der Waals surface area contributed by atoms with Crippen LogP contribution in [0.15, 0.2) is 89.8 Å². The monoisotopic (exact) mass is 578 g/mol. The molecule has 0 spiro atoms. The lowest BCUT2D eigenvalue weighted by atomic mass is 10.00.